The van der Waals surface area contributed by atoms with Gasteiger partial charge in [0.2, 0.25) is 0 Å². The van der Waals surface area contributed by atoms with E-state index in [0.29, 0.717) is 17.1 Å². The number of anilines is 1. The van der Waals surface area contributed by atoms with Crippen molar-refractivity contribution in [3.8, 4) is 6.07 Å². The van der Waals surface area contributed by atoms with E-state index >= 15 is 0 Å². The quantitative estimate of drug-likeness (QED) is 0.895. The summed E-state index contributed by atoms with van der Waals surface area (Å²) in [6, 6.07) is 17.4. The number of nitrogens with one attached hydrogen (secondary N) is 1. The Balaban J connectivity index is 1.93. The maximum atomic E-state index is 8.75. The Hall–Kier alpha value is -2.24. The van der Waals surface area contributed by atoms with Crippen LogP contribution in [-0.2, 0) is 0 Å². The molecule has 0 unspecified atom stereocenters. The summed E-state index contributed by atoms with van der Waals surface area (Å²) in [4.78, 5) is 0. The lowest BCUT2D eigenvalue weighted by Crippen LogP contribution is -1.98. The molecule has 0 aromatic heterocycles. The van der Waals surface area contributed by atoms with E-state index in [2.05, 4.69) is 11.4 Å². The molecule has 94 valence electrons. The van der Waals surface area contributed by atoms with E-state index in [1.807, 2.05) is 48.6 Å². The fourth-order valence-corrected chi connectivity index (χ4v) is 1.90. The van der Waals surface area contributed by atoms with Crippen molar-refractivity contribution in [2.45, 2.75) is 0 Å². The number of rotatable bonds is 4. The van der Waals surface area contributed by atoms with Crippen LogP contribution in [0.3, 0.4) is 0 Å². The van der Waals surface area contributed by atoms with Crippen LogP contribution >= 0.6 is 11.6 Å². The Morgan fingerprint density at radius 2 is 1.95 bits per heavy atom. The largest absolute Gasteiger partial charge is 0.380 e. The number of nitrogens with zero attached hydrogens (tertiary/aromatic N) is 1. The molecule has 2 nitrogen and oxygen atoms in total. The molecule has 0 saturated carbocycles. The summed E-state index contributed by atoms with van der Waals surface area (Å²) in [7, 11) is 0. The monoisotopic (exact) mass is 268 g/mol. The summed E-state index contributed by atoms with van der Waals surface area (Å²) in [6.07, 6.45) is 4.08. The summed E-state index contributed by atoms with van der Waals surface area (Å²) < 4.78 is 0. The van der Waals surface area contributed by atoms with Gasteiger partial charge in [0.05, 0.1) is 22.3 Å². The van der Waals surface area contributed by atoms with Crippen LogP contribution in [0.4, 0.5) is 5.69 Å². The SMILES string of the molecule is N#Cc1ccc(NC/C=C/c2ccccc2)c(Cl)c1. The third-order valence-electron chi connectivity index (χ3n) is 2.62. The van der Waals surface area contributed by atoms with E-state index in [-0.39, 0.29) is 0 Å². The summed E-state index contributed by atoms with van der Waals surface area (Å²) in [5.74, 6) is 0. The van der Waals surface area contributed by atoms with Crippen molar-refractivity contribution in [2.24, 2.45) is 0 Å². The zero-order valence-corrected chi connectivity index (χ0v) is 11.1. The maximum Gasteiger partial charge on any atom is 0.0992 e. The van der Waals surface area contributed by atoms with E-state index in [9.17, 15) is 0 Å². The molecule has 0 spiro atoms. The second kappa shape index (κ2) is 6.63. The van der Waals surface area contributed by atoms with Crippen LogP contribution in [-0.4, -0.2) is 6.54 Å². The minimum Gasteiger partial charge on any atom is -0.380 e. The topological polar surface area (TPSA) is 35.8 Å². The molecule has 0 fully saturated rings. The first kappa shape index (κ1) is 13.2. The Bertz CT molecular complexity index is 612. The second-order valence-corrected chi connectivity index (χ2v) is 4.41. The number of nitriles is 1. The number of hydrogen-bond donors (Lipinski definition) is 1. The number of halogens is 1. The highest BCUT2D eigenvalue weighted by atomic mass is 35.5. The van der Waals surface area contributed by atoms with Crippen LogP contribution in [0.2, 0.25) is 5.02 Å². The molecule has 19 heavy (non-hydrogen) atoms. The van der Waals surface area contributed by atoms with Crippen molar-refractivity contribution in [3.05, 3.63) is 70.8 Å². The highest BCUT2D eigenvalue weighted by molar-refractivity contribution is 6.33. The van der Waals surface area contributed by atoms with E-state index in [1.54, 1.807) is 12.1 Å². The molecule has 0 bridgehead atoms. The number of benzene rings is 2. The molecule has 2 aromatic rings. The van der Waals surface area contributed by atoms with Gasteiger partial charge < -0.3 is 5.32 Å². The lowest BCUT2D eigenvalue weighted by atomic mass is 10.2. The Labute approximate surface area is 118 Å². The first-order chi connectivity index (χ1) is 9.29. The lowest BCUT2D eigenvalue weighted by Gasteiger charge is -2.05. The van der Waals surface area contributed by atoms with Gasteiger partial charge in [0.15, 0.2) is 0 Å². The van der Waals surface area contributed by atoms with Gasteiger partial charge in [-0.05, 0) is 23.8 Å². The first-order valence-corrected chi connectivity index (χ1v) is 6.32. The highest BCUT2D eigenvalue weighted by Crippen LogP contribution is 2.22. The predicted octanol–water partition coefficient (Wildman–Crippen LogP) is 4.34. The van der Waals surface area contributed by atoms with Crippen LogP contribution in [0.25, 0.3) is 6.08 Å². The van der Waals surface area contributed by atoms with Gasteiger partial charge >= 0.3 is 0 Å². The fraction of sp³-hybridized carbons (Fsp3) is 0.0625. The van der Waals surface area contributed by atoms with Crippen molar-refractivity contribution in [1.82, 2.24) is 0 Å². The molecule has 0 aliphatic heterocycles. The lowest BCUT2D eigenvalue weighted by molar-refractivity contribution is 1.34. The van der Waals surface area contributed by atoms with Crippen LogP contribution in [0.15, 0.2) is 54.6 Å². The van der Waals surface area contributed by atoms with E-state index in [1.165, 1.54) is 0 Å². The van der Waals surface area contributed by atoms with Crippen LogP contribution in [0.5, 0.6) is 0 Å². The molecule has 0 amide bonds. The Morgan fingerprint density at radius 1 is 1.16 bits per heavy atom. The van der Waals surface area contributed by atoms with E-state index in [0.717, 1.165) is 11.3 Å². The fourth-order valence-electron chi connectivity index (χ4n) is 1.66. The highest BCUT2D eigenvalue weighted by Gasteiger charge is 1.99. The third-order valence-corrected chi connectivity index (χ3v) is 2.93. The van der Waals surface area contributed by atoms with Crippen molar-refractivity contribution in [3.63, 3.8) is 0 Å². The van der Waals surface area contributed by atoms with Crippen LogP contribution in [0.1, 0.15) is 11.1 Å². The molecule has 3 heteroatoms. The van der Waals surface area contributed by atoms with Gasteiger partial charge in [0.1, 0.15) is 0 Å². The maximum absolute atomic E-state index is 8.75. The third kappa shape index (κ3) is 3.87. The normalized spacial score (nSPS) is 10.3. The van der Waals surface area contributed by atoms with Gasteiger partial charge in [0, 0.05) is 6.54 Å². The smallest absolute Gasteiger partial charge is 0.0992 e. The summed E-state index contributed by atoms with van der Waals surface area (Å²) in [5.41, 5.74) is 2.56. The Kier molecular flexibility index (Phi) is 4.60. The van der Waals surface area contributed by atoms with Crippen molar-refractivity contribution in [1.29, 1.82) is 5.26 Å². The molecule has 0 saturated heterocycles. The molecule has 0 atom stereocenters. The van der Waals surface area contributed by atoms with Gasteiger partial charge in [-0.2, -0.15) is 5.26 Å². The van der Waals surface area contributed by atoms with Crippen LogP contribution in [0, 0.1) is 11.3 Å². The van der Waals surface area contributed by atoms with Crippen molar-refractivity contribution >= 4 is 23.4 Å². The van der Waals surface area contributed by atoms with Gasteiger partial charge in [-0.3, -0.25) is 0 Å². The standard InChI is InChI=1S/C16H13ClN2/c17-15-11-14(12-18)8-9-16(15)19-10-4-7-13-5-2-1-3-6-13/h1-9,11,19H,10H2/b7-4+. The van der Waals surface area contributed by atoms with Crippen molar-refractivity contribution < 1.29 is 0 Å². The molecule has 0 aliphatic carbocycles. The van der Waals surface area contributed by atoms with E-state index < -0.39 is 0 Å². The predicted molar refractivity (Wildman–Crippen MR) is 80.1 cm³/mol. The summed E-state index contributed by atoms with van der Waals surface area (Å²) >= 11 is 6.07. The average molecular weight is 269 g/mol. The van der Waals surface area contributed by atoms with Gasteiger partial charge in [-0.1, -0.05) is 54.1 Å². The molecule has 1 N–H and O–H groups in total. The van der Waals surface area contributed by atoms with Crippen molar-refractivity contribution in [2.75, 3.05) is 11.9 Å². The van der Waals surface area contributed by atoms with Gasteiger partial charge in [-0.15, -0.1) is 0 Å². The molecular weight excluding hydrogens is 256 g/mol. The molecule has 0 aliphatic rings. The second-order valence-electron chi connectivity index (χ2n) is 4.00. The molecular formula is C16H13ClN2. The zero-order valence-electron chi connectivity index (χ0n) is 10.3. The summed E-state index contributed by atoms with van der Waals surface area (Å²) in [5, 5.41) is 12.5. The number of hydrogen-bond acceptors (Lipinski definition) is 2. The zero-order chi connectivity index (χ0) is 13.5. The van der Waals surface area contributed by atoms with E-state index in [4.69, 9.17) is 16.9 Å². The Morgan fingerprint density at radius 3 is 2.63 bits per heavy atom. The van der Waals surface area contributed by atoms with Crippen LogP contribution < -0.4 is 5.32 Å². The summed E-state index contributed by atoms with van der Waals surface area (Å²) in [6.45, 7) is 0.681. The van der Waals surface area contributed by atoms with Gasteiger partial charge in [-0.25, -0.2) is 0 Å². The first-order valence-electron chi connectivity index (χ1n) is 5.95. The molecule has 2 aromatic carbocycles. The molecule has 0 heterocycles. The minimum absolute atomic E-state index is 0.562. The molecule has 2 rings (SSSR count). The molecule has 0 radical (unpaired) electrons. The minimum atomic E-state index is 0.562. The average Bonchev–Trinajstić information content (AvgIpc) is 2.46. The van der Waals surface area contributed by atoms with Gasteiger partial charge in [0.25, 0.3) is 0 Å².